The Kier molecular flexibility index (Phi) is 7.42. The molecule has 4 nitrogen and oxygen atoms in total. The lowest BCUT2D eigenvalue weighted by Crippen LogP contribution is -2.25. The van der Waals surface area contributed by atoms with Gasteiger partial charge < -0.3 is 10.5 Å². The quantitative estimate of drug-likeness (QED) is 0.395. The Hall–Kier alpha value is -3.11. The van der Waals surface area contributed by atoms with Gasteiger partial charge in [-0.05, 0) is 36.2 Å². The first kappa shape index (κ1) is 20.6. The highest BCUT2D eigenvalue weighted by atomic mass is 16.5. The molecule has 2 N–H and O–H groups in total. The van der Waals surface area contributed by atoms with Crippen LogP contribution < -0.4 is 10.5 Å². The lowest BCUT2D eigenvalue weighted by Gasteiger charge is -2.22. The Morgan fingerprint density at radius 3 is 2.00 bits per heavy atom. The zero-order valence-corrected chi connectivity index (χ0v) is 16.9. The van der Waals surface area contributed by atoms with Crippen molar-refractivity contribution < 1.29 is 9.53 Å². The molecule has 3 rings (SSSR count). The third-order valence-electron chi connectivity index (χ3n) is 4.78. The Labute approximate surface area is 172 Å². The summed E-state index contributed by atoms with van der Waals surface area (Å²) in [5.41, 5.74) is 9.63. The highest BCUT2D eigenvalue weighted by Crippen LogP contribution is 2.23. The summed E-state index contributed by atoms with van der Waals surface area (Å²) >= 11 is 0. The maximum atomic E-state index is 12.8. The molecule has 0 spiro atoms. The number of carbonyl (C=O) groups excluding carboxylic acids is 1. The van der Waals surface area contributed by atoms with E-state index < -0.39 is 0 Å². The van der Waals surface area contributed by atoms with E-state index in [9.17, 15) is 4.79 Å². The van der Waals surface area contributed by atoms with Crippen LogP contribution in [0.5, 0.6) is 5.75 Å². The number of anilines is 1. The summed E-state index contributed by atoms with van der Waals surface area (Å²) in [5, 5.41) is 0. The standard InChI is InChI=1S/C25H28N2O2/c1-2-29-25-14-13-22(17-23(25)26)24(28)15-16-27(18-20-9-5-3-6-10-20)19-21-11-7-4-8-12-21/h3-14,17H,2,15-16,18-19,26H2,1H3. The highest BCUT2D eigenvalue weighted by molar-refractivity contribution is 5.97. The van der Waals surface area contributed by atoms with Crippen molar-refractivity contribution in [2.45, 2.75) is 26.4 Å². The average molecular weight is 389 g/mol. The molecule has 0 heterocycles. The van der Waals surface area contributed by atoms with Gasteiger partial charge in [0.1, 0.15) is 5.75 Å². The van der Waals surface area contributed by atoms with Gasteiger partial charge in [-0.2, -0.15) is 0 Å². The number of nitrogens with two attached hydrogens (primary N) is 1. The Bertz CT molecular complexity index is 869. The second kappa shape index (κ2) is 10.4. The number of nitrogens with zero attached hydrogens (tertiary/aromatic N) is 1. The summed E-state index contributed by atoms with van der Waals surface area (Å²) in [6.07, 6.45) is 0.438. The van der Waals surface area contributed by atoms with Crippen LogP contribution in [0.25, 0.3) is 0 Å². The van der Waals surface area contributed by atoms with E-state index in [-0.39, 0.29) is 5.78 Å². The number of benzene rings is 3. The molecule has 0 radical (unpaired) electrons. The monoisotopic (exact) mass is 388 g/mol. The summed E-state index contributed by atoms with van der Waals surface area (Å²) in [6.45, 7) is 4.73. The maximum absolute atomic E-state index is 12.8. The molecule has 0 amide bonds. The molecule has 0 bridgehead atoms. The number of carbonyl (C=O) groups is 1. The summed E-state index contributed by atoms with van der Waals surface area (Å²) < 4.78 is 5.46. The summed E-state index contributed by atoms with van der Waals surface area (Å²) in [6, 6.07) is 26.0. The van der Waals surface area contributed by atoms with E-state index in [1.165, 1.54) is 11.1 Å². The number of nitrogen functional groups attached to an aromatic ring is 1. The average Bonchev–Trinajstić information content (AvgIpc) is 2.75. The van der Waals surface area contributed by atoms with Gasteiger partial charge in [-0.15, -0.1) is 0 Å². The van der Waals surface area contributed by atoms with Crippen molar-refractivity contribution >= 4 is 11.5 Å². The fraction of sp³-hybridized carbons (Fsp3) is 0.240. The highest BCUT2D eigenvalue weighted by Gasteiger charge is 2.13. The second-order valence-corrected chi connectivity index (χ2v) is 7.04. The molecule has 0 aliphatic carbocycles. The molecule has 3 aromatic carbocycles. The zero-order valence-electron chi connectivity index (χ0n) is 16.9. The van der Waals surface area contributed by atoms with Crippen molar-refractivity contribution in [3.63, 3.8) is 0 Å². The molecule has 0 aliphatic rings. The summed E-state index contributed by atoms with van der Waals surface area (Å²) in [4.78, 5) is 15.1. The SMILES string of the molecule is CCOc1ccc(C(=O)CCN(Cc2ccccc2)Cc2ccccc2)cc1N. The Morgan fingerprint density at radius 1 is 0.897 bits per heavy atom. The van der Waals surface area contributed by atoms with Gasteiger partial charge in [0.05, 0.1) is 12.3 Å². The molecule has 150 valence electrons. The first-order chi connectivity index (χ1) is 14.2. The lowest BCUT2D eigenvalue weighted by molar-refractivity contribution is 0.0960. The third kappa shape index (κ3) is 6.19. The van der Waals surface area contributed by atoms with Crippen LogP contribution in [0.15, 0.2) is 78.9 Å². The van der Waals surface area contributed by atoms with E-state index in [4.69, 9.17) is 10.5 Å². The van der Waals surface area contributed by atoms with Crippen molar-refractivity contribution in [2.75, 3.05) is 18.9 Å². The van der Waals surface area contributed by atoms with E-state index in [2.05, 4.69) is 29.2 Å². The van der Waals surface area contributed by atoms with Gasteiger partial charge in [0, 0.05) is 31.6 Å². The molecule has 0 aliphatic heterocycles. The Morgan fingerprint density at radius 2 is 1.48 bits per heavy atom. The number of ketones is 1. The van der Waals surface area contributed by atoms with Crippen molar-refractivity contribution in [3.05, 3.63) is 95.6 Å². The van der Waals surface area contributed by atoms with Gasteiger partial charge in [-0.25, -0.2) is 0 Å². The van der Waals surface area contributed by atoms with Crippen LogP contribution in [0.3, 0.4) is 0 Å². The van der Waals surface area contributed by atoms with Crippen molar-refractivity contribution in [3.8, 4) is 5.75 Å². The van der Waals surface area contributed by atoms with Crippen LogP contribution >= 0.6 is 0 Å². The molecule has 0 atom stereocenters. The smallest absolute Gasteiger partial charge is 0.164 e. The first-order valence-electron chi connectivity index (χ1n) is 10.0. The minimum absolute atomic E-state index is 0.0888. The summed E-state index contributed by atoms with van der Waals surface area (Å²) in [5.74, 6) is 0.713. The van der Waals surface area contributed by atoms with Crippen molar-refractivity contribution in [1.29, 1.82) is 0 Å². The van der Waals surface area contributed by atoms with Crippen LogP contribution in [-0.2, 0) is 13.1 Å². The van der Waals surface area contributed by atoms with Gasteiger partial charge in [0.15, 0.2) is 5.78 Å². The molecule has 0 unspecified atom stereocenters. The van der Waals surface area contributed by atoms with Gasteiger partial charge in [-0.3, -0.25) is 9.69 Å². The van der Waals surface area contributed by atoms with Crippen LogP contribution in [0.2, 0.25) is 0 Å². The van der Waals surface area contributed by atoms with Crippen molar-refractivity contribution in [1.82, 2.24) is 4.90 Å². The number of hydrogen-bond donors (Lipinski definition) is 1. The molecular formula is C25H28N2O2. The fourth-order valence-electron chi connectivity index (χ4n) is 3.31. The molecule has 0 fully saturated rings. The van der Waals surface area contributed by atoms with Gasteiger partial charge >= 0.3 is 0 Å². The van der Waals surface area contributed by atoms with Crippen molar-refractivity contribution in [2.24, 2.45) is 0 Å². The zero-order chi connectivity index (χ0) is 20.5. The fourth-order valence-corrected chi connectivity index (χ4v) is 3.31. The Balaban J connectivity index is 1.67. The van der Waals surface area contributed by atoms with E-state index in [0.717, 1.165) is 13.1 Å². The van der Waals surface area contributed by atoms with Crippen LogP contribution in [-0.4, -0.2) is 23.8 Å². The van der Waals surface area contributed by atoms with Gasteiger partial charge in [0.2, 0.25) is 0 Å². The van der Waals surface area contributed by atoms with E-state index in [1.807, 2.05) is 43.3 Å². The molecule has 0 saturated heterocycles. The van der Waals surface area contributed by atoms with Crippen LogP contribution in [0.4, 0.5) is 5.69 Å². The number of rotatable bonds is 10. The molecular weight excluding hydrogens is 360 g/mol. The first-order valence-corrected chi connectivity index (χ1v) is 10.0. The molecule has 29 heavy (non-hydrogen) atoms. The number of ether oxygens (including phenoxy) is 1. The number of Topliss-reactive ketones (excluding diaryl/α,β-unsaturated/α-hetero) is 1. The lowest BCUT2D eigenvalue weighted by atomic mass is 10.1. The van der Waals surface area contributed by atoms with E-state index in [0.29, 0.717) is 36.6 Å². The molecule has 4 heteroatoms. The molecule has 0 aromatic heterocycles. The minimum atomic E-state index is 0.0888. The largest absolute Gasteiger partial charge is 0.492 e. The van der Waals surface area contributed by atoms with Gasteiger partial charge in [0.25, 0.3) is 0 Å². The summed E-state index contributed by atoms with van der Waals surface area (Å²) in [7, 11) is 0. The van der Waals surface area contributed by atoms with Crippen LogP contribution in [0.1, 0.15) is 34.8 Å². The van der Waals surface area contributed by atoms with Crippen LogP contribution in [0, 0.1) is 0 Å². The second-order valence-electron chi connectivity index (χ2n) is 7.04. The minimum Gasteiger partial charge on any atom is -0.492 e. The predicted octanol–water partition coefficient (Wildman–Crippen LogP) is 4.94. The van der Waals surface area contributed by atoms with E-state index in [1.54, 1.807) is 18.2 Å². The molecule has 0 saturated carbocycles. The van der Waals surface area contributed by atoms with Gasteiger partial charge in [-0.1, -0.05) is 60.7 Å². The topological polar surface area (TPSA) is 55.6 Å². The maximum Gasteiger partial charge on any atom is 0.164 e. The normalized spacial score (nSPS) is 10.8. The number of hydrogen-bond acceptors (Lipinski definition) is 4. The predicted molar refractivity (Wildman–Crippen MR) is 118 cm³/mol. The third-order valence-corrected chi connectivity index (χ3v) is 4.78. The molecule has 3 aromatic rings. The van der Waals surface area contributed by atoms with E-state index >= 15 is 0 Å².